The third-order valence-electron chi connectivity index (χ3n) is 8.58. The summed E-state index contributed by atoms with van der Waals surface area (Å²) in [5.74, 6) is -4.11. The van der Waals surface area contributed by atoms with Crippen LogP contribution in [0.3, 0.4) is 0 Å². The van der Waals surface area contributed by atoms with E-state index >= 15 is 0 Å². The molecule has 1 saturated heterocycles. The Kier molecular flexibility index (Phi) is 8.05. The van der Waals surface area contributed by atoms with Crippen molar-refractivity contribution in [1.29, 1.82) is 0 Å². The summed E-state index contributed by atoms with van der Waals surface area (Å²) < 4.78 is 166. The highest BCUT2D eigenvalue weighted by atomic mass is 32.2. The monoisotopic (exact) mass is 746 g/mol. The minimum Gasteiger partial charge on any atom is -0.383 e. The first-order valence-electron chi connectivity index (χ1n) is 21.5. The first-order chi connectivity index (χ1) is 29.1. The summed E-state index contributed by atoms with van der Waals surface area (Å²) in [4.78, 5) is 30.6. The average Bonchev–Trinajstić information content (AvgIpc) is 3.19. The van der Waals surface area contributed by atoms with E-state index in [1.54, 1.807) is 24.3 Å². The van der Waals surface area contributed by atoms with Crippen LogP contribution in [0.1, 0.15) is 44.6 Å². The van der Waals surface area contributed by atoms with Gasteiger partial charge in [0, 0.05) is 67.4 Å². The van der Waals surface area contributed by atoms with E-state index in [-0.39, 0.29) is 55.1 Å². The van der Waals surface area contributed by atoms with E-state index in [1.165, 1.54) is 36.4 Å². The number of alkyl halides is 3. The van der Waals surface area contributed by atoms with E-state index in [9.17, 15) is 34.3 Å². The third-order valence-corrected chi connectivity index (χ3v) is 9.41. The molecule has 0 aliphatic carbocycles. The van der Waals surface area contributed by atoms with Crippen molar-refractivity contribution >= 4 is 28.6 Å². The molecule has 2 heterocycles. The van der Waals surface area contributed by atoms with E-state index < -0.39 is 83.6 Å². The molecule has 52 heavy (non-hydrogen) atoms. The number of ether oxygens (including phenoxy) is 1. The van der Waals surface area contributed by atoms with Crippen molar-refractivity contribution in [2.75, 3.05) is 33.2 Å². The van der Waals surface area contributed by atoms with Crippen LogP contribution < -0.4 is 5.43 Å². The molecule has 0 spiro atoms. The largest absolute Gasteiger partial charge is 0.416 e. The maximum atomic E-state index is 15.0. The van der Waals surface area contributed by atoms with E-state index in [0.717, 1.165) is 50.8 Å². The van der Waals surface area contributed by atoms with Gasteiger partial charge >= 0.3 is 6.18 Å². The number of para-hydroxylation sites is 1. The number of fused-ring (bicyclic) bond motifs is 1. The molecule has 1 aromatic heterocycles. The number of hydrogen-bond donors (Lipinski definition) is 0. The van der Waals surface area contributed by atoms with Crippen LogP contribution in [0.5, 0.6) is 0 Å². The molecule has 12 heteroatoms. The maximum absolute atomic E-state index is 15.0. The summed E-state index contributed by atoms with van der Waals surface area (Å²) in [6, 6.07) is 19.1. The number of benzene rings is 4. The zero-order chi connectivity index (χ0) is 46.5. The van der Waals surface area contributed by atoms with Gasteiger partial charge in [0.05, 0.1) is 32.3 Å². The maximum Gasteiger partial charge on any atom is 0.416 e. The molecule has 1 aliphatic heterocycles. The van der Waals surface area contributed by atoms with Gasteiger partial charge in [0.2, 0.25) is 5.91 Å². The normalized spacial score (nSPS) is 18.7. The fraction of sp³-hybridized carbons (Fsp3) is 0.300. The molecule has 6 rings (SSSR count). The summed E-state index contributed by atoms with van der Waals surface area (Å²) in [5, 5.41) is -0.531. The van der Waals surface area contributed by atoms with Gasteiger partial charge in [-0.05, 0) is 59.9 Å². The van der Waals surface area contributed by atoms with Crippen molar-refractivity contribution in [2.24, 2.45) is 0 Å². The van der Waals surface area contributed by atoms with Crippen LogP contribution in [0.15, 0.2) is 107 Å². The van der Waals surface area contributed by atoms with E-state index in [1.807, 2.05) is 0 Å². The van der Waals surface area contributed by atoms with Gasteiger partial charge in [-0.2, -0.15) is 13.2 Å². The van der Waals surface area contributed by atoms with Crippen LogP contribution in [0.4, 0.5) is 22.0 Å². The van der Waals surface area contributed by atoms with Crippen molar-refractivity contribution in [3.63, 3.8) is 0 Å². The molecule has 6 nitrogen and oxygen atoms in total. The standard InChI is InChI=1S/C40H38F5N3O3S/c1-51-22-21-46-19-17-32(18-20-46)47(24-27-9-11-28(12-10-27)29-13-15-31(16-14-29)40(43,44)45)37(50)25-48-35-8-3-2-6-33(35)36(49)23-38(48)52-26-30-5-4-7-34(41)39(30)42/h2-16,23,32H,17-22,24-26H2,1H3/i1D3,21D2,22D2,25D2,26D2. The van der Waals surface area contributed by atoms with Crippen LogP contribution in [-0.4, -0.2) is 59.5 Å². The van der Waals surface area contributed by atoms with Crippen molar-refractivity contribution in [1.82, 2.24) is 14.4 Å². The lowest BCUT2D eigenvalue weighted by Gasteiger charge is -2.39. The zero-order valence-electron chi connectivity index (χ0n) is 38.2. The van der Waals surface area contributed by atoms with Gasteiger partial charge in [-0.1, -0.05) is 60.7 Å². The Morgan fingerprint density at radius 2 is 1.65 bits per heavy atom. The van der Waals surface area contributed by atoms with Gasteiger partial charge in [-0.15, -0.1) is 11.8 Å². The number of halogens is 5. The van der Waals surface area contributed by atoms with Gasteiger partial charge in [0.1, 0.15) is 6.50 Å². The number of rotatable bonds is 12. The number of amides is 1. The number of aromatic nitrogens is 1. The van der Waals surface area contributed by atoms with Gasteiger partial charge in [-0.3, -0.25) is 9.59 Å². The Bertz CT molecular complexity index is 2530. The summed E-state index contributed by atoms with van der Waals surface area (Å²) in [6.45, 7) is -10.4. The van der Waals surface area contributed by atoms with E-state index in [0.29, 0.717) is 16.7 Å². The fourth-order valence-corrected chi connectivity index (χ4v) is 6.66. The smallest absolute Gasteiger partial charge is 0.383 e. The van der Waals surface area contributed by atoms with Crippen molar-refractivity contribution in [3.05, 3.63) is 136 Å². The van der Waals surface area contributed by atoms with Crippen LogP contribution in [0, 0.1) is 11.6 Å². The van der Waals surface area contributed by atoms with Gasteiger partial charge in [0.15, 0.2) is 17.1 Å². The second kappa shape index (κ2) is 16.4. The van der Waals surface area contributed by atoms with Crippen LogP contribution >= 0.6 is 11.8 Å². The molecule has 1 fully saturated rings. The highest BCUT2D eigenvalue weighted by Crippen LogP contribution is 2.32. The predicted octanol–water partition coefficient (Wildman–Crippen LogP) is 8.40. The number of piperidine rings is 1. The number of hydrogen-bond acceptors (Lipinski definition) is 5. The number of nitrogens with zero attached hydrogens (tertiary/aromatic N) is 3. The second-order valence-electron chi connectivity index (χ2n) is 11.9. The molecule has 5 aromatic rings. The van der Waals surface area contributed by atoms with E-state index in [4.69, 9.17) is 12.3 Å². The Morgan fingerprint density at radius 1 is 0.962 bits per heavy atom. The molecular weight excluding hydrogens is 698 g/mol. The second-order valence-corrected chi connectivity index (χ2v) is 12.7. The number of methoxy groups -OCH3 is 1. The van der Waals surface area contributed by atoms with Gasteiger partial charge in [0.25, 0.3) is 0 Å². The molecule has 0 radical (unpaired) electrons. The molecule has 272 valence electrons. The first-order valence-corrected chi connectivity index (χ1v) is 16.8. The molecule has 1 aliphatic rings. The Morgan fingerprint density at radius 3 is 2.35 bits per heavy atom. The van der Waals surface area contributed by atoms with Crippen LogP contribution in [-0.2, 0) is 34.5 Å². The minimum atomic E-state index is -4.55. The topological polar surface area (TPSA) is 54.8 Å². The molecule has 0 atom stereocenters. The van der Waals surface area contributed by atoms with Gasteiger partial charge in [-0.25, -0.2) is 8.78 Å². The highest BCUT2D eigenvalue weighted by Gasteiger charge is 2.31. The van der Waals surface area contributed by atoms with Crippen molar-refractivity contribution in [3.8, 4) is 11.1 Å². The highest BCUT2D eigenvalue weighted by molar-refractivity contribution is 7.98. The zero-order valence-corrected chi connectivity index (χ0v) is 28.0. The Labute approximate surface area is 318 Å². The third kappa shape index (κ3) is 8.74. The molecule has 4 aromatic carbocycles. The van der Waals surface area contributed by atoms with Crippen LogP contribution in [0.2, 0.25) is 0 Å². The summed E-state index contributed by atoms with van der Waals surface area (Å²) in [5.41, 5.74) is -3.93. The minimum absolute atomic E-state index is 0.0643. The number of pyridine rings is 1. The predicted molar refractivity (Wildman–Crippen MR) is 193 cm³/mol. The molecule has 0 bridgehead atoms. The number of likely N-dealkylation sites (tertiary alicyclic amines) is 1. The summed E-state index contributed by atoms with van der Waals surface area (Å²) in [6.07, 6.45) is -4.77. The first kappa shape index (κ1) is 25.5. The lowest BCUT2D eigenvalue weighted by Crippen LogP contribution is -2.48. The quantitative estimate of drug-likeness (QED) is 0.0949. The fourth-order valence-electron chi connectivity index (χ4n) is 5.88. The molecule has 0 unspecified atom stereocenters. The van der Waals surface area contributed by atoms with Crippen molar-refractivity contribution < 1.29 is 46.6 Å². The molecule has 1 amide bonds. The average molecular weight is 747 g/mol. The van der Waals surface area contributed by atoms with E-state index in [2.05, 4.69) is 4.74 Å². The lowest BCUT2D eigenvalue weighted by molar-refractivity contribution is -0.137. The Balaban J connectivity index is 1.40. The van der Waals surface area contributed by atoms with Crippen LogP contribution in [0.25, 0.3) is 22.0 Å². The molecule has 0 saturated carbocycles. The number of carbonyl (C=O) groups excluding carboxylic acids is 1. The SMILES string of the molecule is [2H]C([2H])([2H])OC([2H])([2H])C([2H])([2H])N1CCC(N(Cc2ccc(-c3ccc(C(F)(F)F)cc3)cc2)C(=O)C([2H])([2H])n2c(SC([2H])([2H])c3cccc(F)c3F)cc(=O)c3ccccc32)CC1. The molecular formula is C40H38F5N3O3S. The Hall–Kier alpha value is -4.52. The summed E-state index contributed by atoms with van der Waals surface area (Å²) >= 11 is 0.164. The summed E-state index contributed by atoms with van der Waals surface area (Å²) in [7, 11) is -3.29. The number of thioether (sulfide) groups is 1. The number of carbonyl (C=O) groups is 1. The lowest BCUT2D eigenvalue weighted by atomic mass is 10.00. The van der Waals surface area contributed by atoms with Gasteiger partial charge < -0.3 is 19.1 Å². The van der Waals surface area contributed by atoms with Crippen molar-refractivity contribution in [2.45, 2.75) is 48.8 Å². The molecule has 0 N–H and O–H groups in total.